The van der Waals surface area contributed by atoms with Crippen molar-refractivity contribution in [3.63, 3.8) is 0 Å². The first-order valence-corrected chi connectivity index (χ1v) is 8.82. The average molecular weight is 296 g/mol. The summed E-state index contributed by atoms with van der Waals surface area (Å²) in [5.74, 6) is 1.89. The number of fused-ring (bicyclic) bond motifs is 3. The number of amides is 1. The molecule has 1 aromatic carbocycles. The van der Waals surface area contributed by atoms with Crippen LogP contribution in [0.25, 0.3) is 0 Å². The van der Waals surface area contributed by atoms with Crippen molar-refractivity contribution in [2.45, 2.75) is 43.6 Å². The smallest absolute Gasteiger partial charge is 0.226 e. The van der Waals surface area contributed by atoms with Crippen molar-refractivity contribution in [1.82, 2.24) is 4.90 Å². The summed E-state index contributed by atoms with van der Waals surface area (Å²) >= 11 is 0. The van der Waals surface area contributed by atoms with Gasteiger partial charge in [-0.15, -0.1) is 0 Å². The molecule has 3 heteroatoms. The molecule has 2 saturated carbocycles. The zero-order chi connectivity index (χ0) is 14.9. The Bertz CT molecular complexity index is 642. The van der Waals surface area contributed by atoms with E-state index in [1.807, 2.05) is 0 Å². The van der Waals surface area contributed by atoms with Crippen LogP contribution in [0, 0.1) is 17.8 Å². The van der Waals surface area contributed by atoms with Gasteiger partial charge in [0.2, 0.25) is 5.91 Å². The van der Waals surface area contributed by atoms with Crippen LogP contribution in [-0.4, -0.2) is 29.9 Å². The SMILES string of the molecule is NC1CCC2CN(C(=O)C3CC34CCc3ccccc34)CC12. The number of likely N-dealkylation sites (tertiary alicyclic amines) is 1. The average Bonchev–Trinajstić information content (AvgIpc) is 2.82. The predicted molar refractivity (Wildman–Crippen MR) is 85.3 cm³/mol. The lowest BCUT2D eigenvalue weighted by molar-refractivity contribution is -0.132. The summed E-state index contributed by atoms with van der Waals surface area (Å²) < 4.78 is 0. The van der Waals surface area contributed by atoms with E-state index >= 15 is 0 Å². The van der Waals surface area contributed by atoms with Crippen molar-refractivity contribution in [1.29, 1.82) is 0 Å². The van der Waals surface area contributed by atoms with Crippen molar-refractivity contribution < 1.29 is 4.79 Å². The van der Waals surface area contributed by atoms with E-state index in [1.54, 1.807) is 0 Å². The highest BCUT2D eigenvalue weighted by Gasteiger charge is 2.62. The van der Waals surface area contributed by atoms with Crippen LogP contribution in [0.4, 0.5) is 0 Å². The van der Waals surface area contributed by atoms with Gasteiger partial charge in [-0.05, 0) is 55.1 Å². The van der Waals surface area contributed by atoms with Crippen molar-refractivity contribution >= 4 is 5.91 Å². The maximum Gasteiger partial charge on any atom is 0.226 e. The Kier molecular flexibility index (Phi) is 2.59. The molecule has 1 saturated heterocycles. The molecule has 5 atom stereocenters. The molecular formula is C19H24N2O. The Morgan fingerprint density at radius 3 is 2.95 bits per heavy atom. The highest BCUT2D eigenvalue weighted by molar-refractivity contribution is 5.85. The largest absolute Gasteiger partial charge is 0.342 e. The van der Waals surface area contributed by atoms with Gasteiger partial charge in [0.05, 0.1) is 0 Å². The Balaban J connectivity index is 1.35. The van der Waals surface area contributed by atoms with E-state index in [-0.39, 0.29) is 11.3 Å². The standard InChI is InChI=1S/C19H24N2O/c20-17-6-5-13-10-21(11-14(13)17)18(22)16-9-19(16)8-7-12-3-1-2-4-15(12)19/h1-4,13-14,16-17H,5-11,20H2. The summed E-state index contributed by atoms with van der Waals surface area (Å²) in [6.07, 6.45) is 5.76. The second-order valence-electron chi connectivity index (χ2n) is 7.98. The molecule has 5 rings (SSSR count). The normalized spacial score (nSPS) is 41.8. The van der Waals surface area contributed by atoms with Gasteiger partial charge in [-0.1, -0.05) is 24.3 Å². The first kappa shape index (κ1) is 13.1. The molecule has 2 N–H and O–H groups in total. The second-order valence-corrected chi connectivity index (χ2v) is 7.98. The molecule has 0 aromatic heterocycles. The first-order chi connectivity index (χ1) is 10.7. The van der Waals surface area contributed by atoms with Gasteiger partial charge < -0.3 is 10.6 Å². The number of hydrogen-bond donors (Lipinski definition) is 1. The number of nitrogens with two attached hydrogens (primary N) is 1. The van der Waals surface area contributed by atoms with Crippen molar-refractivity contribution in [2.75, 3.05) is 13.1 Å². The number of hydrogen-bond acceptors (Lipinski definition) is 2. The molecule has 1 aliphatic heterocycles. The van der Waals surface area contributed by atoms with Crippen LogP contribution in [0.3, 0.4) is 0 Å². The third-order valence-electron chi connectivity index (χ3n) is 6.99. The molecule has 1 heterocycles. The number of carbonyl (C=O) groups excluding carboxylic acids is 1. The van der Waals surface area contributed by atoms with Crippen LogP contribution in [0.1, 0.15) is 36.8 Å². The van der Waals surface area contributed by atoms with Crippen LogP contribution >= 0.6 is 0 Å². The lowest BCUT2D eigenvalue weighted by Gasteiger charge is -2.20. The van der Waals surface area contributed by atoms with E-state index < -0.39 is 0 Å². The van der Waals surface area contributed by atoms with Crippen LogP contribution in [0.2, 0.25) is 0 Å². The third kappa shape index (κ3) is 1.63. The molecule has 0 radical (unpaired) electrons. The summed E-state index contributed by atoms with van der Waals surface area (Å²) in [5, 5.41) is 0. The van der Waals surface area contributed by atoms with Crippen LogP contribution < -0.4 is 5.73 Å². The first-order valence-electron chi connectivity index (χ1n) is 8.82. The quantitative estimate of drug-likeness (QED) is 0.862. The molecule has 1 spiro atoms. The van der Waals surface area contributed by atoms with E-state index in [0.717, 1.165) is 32.4 Å². The van der Waals surface area contributed by atoms with E-state index in [4.69, 9.17) is 5.73 Å². The third-order valence-corrected chi connectivity index (χ3v) is 6.99. The van der Waals surface area contributed by atoms with Gasteiger partial charge in [0.15, 0.2) is 0 Å². The number of aryl methyl sites for hydroxylation is 1. The van der Waals surface area contributed by atoms with Crippen molar-refractivity contribution in [3.8, 4) is 0 Å². The fourth-order valence-corrected chi connectivity index (χ4v) is 5.63. The monoisotopic (exact) mass is 296 g/mol. The molecule has 3 aliphatic carbocycles. The molecule has 4 aliphatic rings. The predicted octanol–water partition coefficient (Wildman–Crippen LogP) is 2.09. The minimum absolute atomic E-state index is 0.188. The van der Waals surface area contributed by atoms with Crippen LogP contribution in [0.5, 0.6) is 0 Å². The summed E-state index contributed by atoms with van der Waals surface area (Å²) in [5.41, 5.74) is 9.34. The molecule has 22 heavy (non-hydrogen) atoms. The Morgan fingerprint density at radius 2 is 2.09 bits per heavy atom. The van der Waals surface area contributed by atoms with E-state index in [2.05, 4.69) is 29.2 Å². The maximum absolute atomic E-state index is 13.0. The fourth-order valence-electron chi connectivity index (χ4n) is 5.63. The summed E-state index contributed by atoms with van der Waals surface area (Å²) in [6, 6.07) is 9.07. The Hall–Kier alpha value is -1.35. The zero-order valence-electron chi connectivity index (χ0n) is 13.0. The van der Waals surface area contributed by atoms with Gasteiger partial charge in [-0.25, -0.2) is 0 Å². The minimum atomic E-state index is 0.188. The number of benzene rings is 1. The number of nitrogens with zero attached hydrogens (tertiary/aromatic N) is 1. The number of carbonyl (C=O) groups is 1. The fraction of sp³-hybridized carbons (Fsp3) is 0.632. The van der Waals surface area contributed by atoms with E-state index in [1.165, 1.54) is 24.0 Å². The van der Waals surface area contributed by atoms with Crippen molar-refractivity contribution in [3.05, 3.63) is 35.4 Å². The molecule has 5 unspecified atom stereocenters. The van der Waals surface area contributed by atoms with Gasteiger partial charge in [-0.2, -0.15) is 0 Å². The lowest BCUT2D eigenvalue weighted by Crippen LogP contribution is -2.35. The Labute approximate surface area is 131 Å². The molecule has 1 aromatic rings. The topological polar surface area (TPSA) is 46.3 Å². The maximum atomic E-state index is 13.0. The summed E-state index contributed by atoms with van der Waals surface area (Å²) in [4.78, 5) is 15.1. The van der Waals surface area contributed by atoms with Gasteiger partial charge in [0.25, 0.3) is 0 Å². The molecular weight excluding hydrogens is 272 g/mol. The zero-order valence-corrected chi connectivity index (χ0v) is 13.0. The number of rotatable bonds is 1. The molecule has 116 valence electrons. The second kappa shape index (κ2) is 4.35. The minimum Gasteiger partial charge on any atom is -0.342 e. The van der Waals surface area contributed by atoms with Gasteiger partial charge in [-0.3, -0.25) is 4.79 Å². The van der Waals surface area contributed by atoms with Gasteiger partial charge in [0.1, 0.15) is 0 Å². The van der Waals surface area contributed by atoms with Gasteiger partial charge >= 0.3 is 0 Å². The van der Waals surface area contributed by atoms with Crippen LogP contribution in [0.15, 0.2) is 24.3 Å². The highest BCUT2D eigenvalue weighted by atomic mass is 16.2. The molecule has 0 bridgehead atoms. The highest BCUT2D eigenvalue weighted by Crippen LogP contribution is 2.62. The Morgan fingerprint density at radius 1 is 1.23 bits per heavy atom. The van der Waals surface area contributed by atoms with Gasteiger partial charge in [0, 0.05) is 30.5 Å². The summed E-state index contributed by atoms with van der Waals surface area (Å²) in [7, 11) is 0. The molecule has 1 amide bonds. The molecule has 3 nitrogen and oxygen atoms in total. The molecule has 3 fully saturated rings. The lowest BCUT2D eigenvalue weighted by atomic mass is 9.95. The summed E-state index contributed by atoms with van der Waals surface area (Å²) in [6.45, 7) is 1.88. The van der Waals surface area contributed by atoms with E-state index in [0.29, 0.717) is 23.8 Å². The van der Waals surface area contributed by atoms with E-state index in [9.17, 15) is 4.79 Å². The van der Waals surface area contributed by atoms with Crippen LogP contribution in [-0.2, 0) is 16.6 Å². The van der Waals surface area contributed by atoms with Crippen molar-refractivity contribution in [2.24, 2.45) is 23.5 Å².